The molecule has 3 nitrogen and oxygen atoms in total. The second kappa shape index (κ2) is 7.78. The van der Waals surface area contributed by atoms with Gasteiger partial charge in [0.25, 0.3) is 0 Å². The van der Waals surface area contributed by atoms with E-state index in [2.05, 4.69) is 88.4 Å². The molecular weight excluding hydrogens is 402 g/mol. The number of nitriles is 1. The molecule has 0 aliphatic carbocycles. The zero-order valence-electron chi connectivity index (χ0n) is 17.8. The summed E-state index contributed by atoms with van der Waals surface area (Å²) in [4.78, 5) is 4.69. The summed E-state index contributed by atoms with van der Waals surface area (Å²) in [7, 11) is 0. The minimum Gasteiger partial charge on any atom is -0.307 e. The fourth-order valence-electron chi connectivity index (χ4n) is 4.73. The second-order valence-electron chi connectivity index (χ2n) is 7.95. The largest absolute Gasteiger partial charge is 0.307 e. The second-order valence-corrected chi connectivity index (χ2v) is 7.95. The van der Waals surface area contributed by atoms with Gasteiger partial charge in [0.15, 0.2) is 0 Å². The lowest BCUT2D eigenvalue weighted by Gasteiger charge is -2.17. The van der Waals surface area contributed by atoms with E-state index in [9.17, 15) is 5.26 Å². The first kappa shape index (κ1) is 19.0. The molecule has 0 aliphatic heterocycles. The van der Waals surface area contributed by atoms with Crippen LogP contribution in [0.1, 0.15) is 5.56 Å². The maximum Gasteiger partial charge on any atom is 0.0998 e. The van der Waals surface area contributed by atoms with E-state index in [0.717, 1.165) is 49.9 Å². The Labute approximate surface area is 191 Å². The number of pyridine rings is 1. The molecule has 0 amide bonds. The third-order valence-electron chi connectivity index (χ3n) is 6.11. The van der Waals surface area contributed by atoms with Crippen molar-refractivity contribution in [1.29, 1.82) is 5.26 Å². The first-order valence-electron chi connectivity index (χ1n) is 10.9. The van der Waals surface area contributed by atoms with E-state index in [1.807, 2.05) is 42.6 Å². The van der Waals surface area contributed by atoms with E-state index >= 15 is 0 Å². The van der Waals surface area contributed by atoms with Crippen LogP contribution < -0.4 is 0 Å². The molecule has 154 valence electrons. The van der Waals surface area contributed by atoms with Gasteiger partial charge in [0.2, 0.25) is 0 Å². The van der Waals surface area contributed by atoms with Crippen molar-refractivity contribution in [1.82, 2.24) is 9.55 Å². The number of aromatic nitrogens is 2. The molecule has 0 saturated carbocycles. The van der Waals surface area contributed by atoms with Crippen molar-refractivity contribution < 1.29 is 0 Å². The third-order valence-corrected chi connectivity index (χ3v) is 6.11. The first-order chi connectivity index (χ1) is 16.4. The number of benzene rings is 4. The smallest absolute Gasteiger partial charge is 0.0998 e. The fourth-order valence-corrected chi connectivity index (χ4v) is 4.73. The monoisotopic (exact) mass is 421 g/mol. The Kier molecular flexibility index (Phi) is 4.49. The van der Waals surface area contributed by atoms with Crippen LogP contribution in [0.25, 0.3) is 49.9 Å². The summed E-state index contributed by atoms with van der Waals surface area (Å²) >= 11 is 0. The Hall–Kier alpha value is -4.68. The molecule has 0 aliphatic rings. The van der Waals surface area contributed by atoms with Crippen LogP contribution in [0, 0.1) is 11.3 Å². The van der Waals surface area contributed by atoms with Crippen LogP contribution in [0.5, 0.6) is 0 Å². The number of fused-ring (bicyclic) bond motifs is 3. The van der Waals surface area contributed by atoms with E-state index in [1.54, 1.807) is 0 Å². The highest BCUT2D eigenvalue weighted by atomic mass is 15.0. The molecule has 0 spiro atoms. The van der Waals surface area contributed by atoms with Crippen molar-refractivity contribution in [3.8, 4) is 34.0 Å². The number of hydrogen-bond donors (Lipinski definition) is 0. The van der Waals surface area contributed by atoms with Gasteiger partial charge in [-0.1, -0.05) is 78.9 Å². The molecule has 2 aromatic heterocycles. The molecule has 6 rings (SSSR count). The minimum absolute atomic E-state index is 0.664. The maximum absolute atomic E-state index is 9.92. The zero-order valence-corrected chi connectivity index (χ0v) is 17.8. The van der Waals surface area contributed by atoms with Crippen molar-refractivity contribution in [2.75, 3.05) is 0 Å². The number of nitrogens with zero attached hydrogens (tertiary/aromatic N) is 3. The lowest BCUT2D eigenvalue weighted by Crippen LogP contribution is -1.99. The standard InChI is InChI=1S/C30H19N3/c31-20-22-12-8-15-24(29(22)21-10-2-1-3-11-21)23-13-4-6-16-26(23)33-27-17-7-5-14-25(27)30-28(33)18-9-19-32-30/h1-19H. The maximum atomic E-state index is 9.92. The summed E-state index contributed by atoms with van der Waals surface area (Å²) in [6.45, 7) is 0. The summed E-state index contributed by atoms with van der Waals surface area (Å²) < 4.78 is 2.28. The van der Waals surface area contributed by atoms with Gasteiger partial charge in [-0.25, -0.2) is 0 Å². The SMILES string of the molecule is N#Cc1cccc(-c2ccccc2-n2c3ccccc3c3ncccc32)c1-c1ccccc1. The third kappa shape index (κ3) is 3.01. The molecule has 2 heterocycles. The van der Waals surface area contributed by atoms with Crippen LogP contribution in [-0.2, 0) is 0 Å². The first-order valence-corrected chi connectivity index (χ1v) is 10.9. The van der Waals surface area contributed by atoms with E-state index in [1.165, 1.54) is 0 Å². The summed E-state index contributed by atoms with van der Waals surface area (Å²) in [5.74, 6) is 0. The molecule has 3 heteroatoms. The van der Waals surface area contributed by atoms with Crippen molar-refractivity contribution in [3.05, 3.63) is 121 Å². The number of rotatable bonds is 3. The van der Waals surface area contributed by atoms with Gasteiger partial charge in [0.1, 0.15) is 0 Å². The van der Waals surface area contributed by atoms with Gasteiger partial charge in [-0.2, -0.15) is 5.26 Å². The molecule has 0 bridgehead atoms. The normalized spacial score (nSPS) is 11.0. The van der Waals surface area contributed by atoms with Crippen LogP contribution in [0.4, 0.5) is 0 Å². The molecule has 0 saturated heterocycles. The zero-order chi connectivity index (χ0) is 22.2. The lowest BCUT2D eigenvalue weighted by molar-refractivity contribution is 1.18. The van der Waals surface area contributed by atoms with Gasteiger partial charge < -0.3 is 4.57 Å². The van der Waals surface area contributed by atoms with Crippen molar-refractivity contribution in [3.63, 3.8) is 0 Å². The van der Waals surface area contributed by atoms with Crippen molar-refractivity contribution in [2.45, 2.75) is 0 Å². The molecular formula is C30H19N3. The van der Waals surface area contributed by atoms with Gasteiger partial charge >= 0.3 is 0 Å². The lowest BCUT2D eigenvalue weighted by atomic mass is 9.90. The summed E-state index contributed by atoms with van der Waals surface area (Å²) in [5, 5.41) is 11.0. The average Bonchev–Trinajstić information content (AvgIpc) is 3.23. The molecule has 0 unspecified atom stereocenters. The van der Waals surface area contributed by atoms with Gasteiger partial charge in [0, 0.05) is 22.7 Å². The number of hydrogen-bond acceptors (Lipinski definition) is 2. The fraction of sp³-hybridized carbons (Fsp3) is 0. The summed E-state index contributed by atoms with van der Waals surface area (Å²) in [6, 6.07) is 39.4. The van der Waals surface area contributed by atoms with E-state index in [0.29, 0.717) is 5.56 Å². The Morgan fingerprint density at radius 2 is 1.36 bits per heavy atom. The number of para-hydroxylation sites is 2. The van der Waals surface area contributed by atoms with Crippen LogP contribution in [-0.4, -0.2) is 9.55 Å². The van der Waals surface area contributed by atoms with Crippen LogP contribution in [0.2, 0.25) is 0 Å². The Morgan fingerprint density at radius 1 is 0.636 bits per heavy atom. The predicted molar refractivity (Wildman–Crippen MR) is 134 cm³/mol. The summed E-state index contributed by atoms with van der Waals surface area (Å²) in [5.41, 5.74) is 8.96. The molecule has 0 atom stereocenters. The minimum atomic E-state index is 0.664. The topological polar surface area (TPSA) is 41.6 Å². The Balaban J connectivity index is 1.72. The van der Waals surface area contributed by atoms with E-state index < -0.39 is 0 Å². The highest BCUT2D eigenvalue weighted by Crippen LogP contribution is 2.40. The molecule has 0 radical (unpaired) electrons. The van der Waals surface area contributed by atoms with E-state index in [4.69, 9.17) is 0 Å². The molecule has 4 aromatic carbocycles. The van der Waals surface area contributed by atoms with Gasteiger partial charge in [-0.15, -0.1) is 0 Å². The average molecular weight is 422 g/mol. The van der Waals surface area contributed by atoms with Gasteiger partial charge in [-0.3, -0.25) is 4.98 Å². The van der Waals surface area contributed by atoms with E-state index in [-0.39, 0.29) is 0 Å². The Bertz CT molecular complexity index is 1620. The van der Waals surface area contributed by atoms with Gasteiger partial charge in [-0.05, 0) is 41.5 Å². The highest BCUT2D eigenvalue weighted by Gasteiger charge is 2.19. The highest BCUT2D eigenvalue weighted by molar-refractivity contribution is 6.07. The molecule has 33 heavy (non-hydrogen) atoms. The van der Waals surface area contributed by atoms with Crippen LogP contribution in [0.3, 0.4) is 0 Å². The van der Waals surface area contributed by atoms with Crippen LogP contribution >= 0.6 is 0 Å². The quantitative estimate of drug-likeness (QED) is 0.299. The molecule has 0 N–H and O–H groups in total. The van der Waals surface area contributed by atoms with Crippen molar-refractivity contribution >= 4 is 21.9 Å². The van der Waals surface area contributed by atoms with Crippen molar-refractivity contribution in [2.24, 2.45) is 0 Å². The molecule has 0 fully saturated rings. The summed E-state index contributed by atoms with van der Waals surface area (Å²) in [6.07, 6.45) is 1.84. The Morgan fingerprint density at radius 3 is 2.24 bits per heavy atom. The van der Waals surface area contributed by atoms with Gasteiger partial charge in [0.05, 0.1) is 33.9 Å². The predicted octanol–water partition coefficient (Wildman–Crippen LogP) is 7.38. The van der Waals surface area contributed by atoms with Crippen LogP contribution in [0.15, 0.2) is 115 Å². The molecule has 6 aromatic rings.